The van der Waals surface area contributed by atoms with Crippen molar-refractivity contribution in [1.29, 1.82) is 0 Å². The van der Waals surface area contributed by atoms with Crippen molar-refractivity contribution in [3.05, 3.63) is 59.7 Å². The minimum atomic E-state index is -0.404. The summed E-state index contributed by atoms with van der Waals surface area (Å²) in [6, 6.07) is 10.1. The van der Waals surface area contributed by atoms with E-state index in [1.807, 2.05) is 0 Å². The van der Waals surface area contributed by atoms with Gasteiger partial charge in [-0.2, -0.15) is 0 Å². The molecule has 0 aliphatic carbocycles. The molecular weight excluding hydrogens is 308 g/mol. The lowest BCUT2D eigenvalue weighted by atomic mass is 10.1. The average Bonchev–Trinajstić information content (AvgIpc) is 3.19. The van der Waals surface area contributed by atoms with Crippen LogP contribution in [-0.2, 0) is 0 Å². The first-order valence-corrected chi connectivity index (χ1v) is 7.24. The summed E-state index contributed by atoms with van der Waals surface area (Å²) in [6.45, 7) is 1.78. The van der Waals surface area contributed by atoms with Crippen molar-refractivity contribution >= 4 is 16.7 Å². The lowest BCUT2D eigenvalue weighted by Crippen LogP contribution is -2.03. The number of nitrogens with zero attached hydrogens (tertiary/aromatic N) is 3. The van der Waals surface area contributed by atoms with E-state index in [4.69, 9.17) is 4.42 Å². The number of hydrogen-bond acceptors (Lipinski definition) is 6. The Morgan fingerprint density at radius 3 is 2.88 bits per heavy atom. The Morgan fingerprint density at radius 2 is 2.08 bits per heavy atom. The molecule has 0 spiro atoms. The number of carbonyl (C=O) groups is 1. The summed E-state index contributed by atoms with van der Waals surface area (Å²) in [5.74, 6) is -0.267. The first kappa shape index (κ1) is 14.1. The van der Waals surface area contributed by atoms with Gasteiger partial charge in [-0.15, -0.1) is 10.2 Å². The second kappa shape index (κ2) is 5.31. The van der Waals surface area contributed by atoms with Crippen molar-refractivity contribution in [3.63, 3.8) is 0 Å². The molecule has 0 aliphatic heterocycles. The van der Waals surface area contributed by atoms with Crippen LogP contribution in [0.4, 0.5) is 0 Å². The van der Waals surface area contributed by atoms with Gasteiger partial charge in [0.25, 0.3) is 17.6 Å². The van der Waals surface area contributed by atoms with E-state index in [2.05, 4.69) is 20.2 Å². The highest BCUT2D eigenvalue weighted by atomic mass is 16.4. The van der Waals surface area contributed by atoms with E-state index in [0.29, 0.717) is 22.3 Å². The number of phenols is 1. The number of hydrogen-bond donors (Lipinski definition) is 2. The minimum absolute atomic E-state index is 0.0789. The highest BCUT2D eigenvalue weighted by Gasteiger charge is 2.23. The first-order valence-electron chi connectivity index (χ1n) is 7.24. The first-order chi connectivity index (χ1) is 11.6. The van der Waals surface area contributed by atoms with Crippen molar-refractivity contribution in [2.75, 3.05) is 0 Å². The van der Waals surface area contributed by atoms with Crippen molar-refractivity contribution in [2.45, 2.75) is 6.92 Å². The lowest BCUT2D eigenvalue weighted by molar-refractivity contribution is 0.100. The van der Waals surface area contributed by atoms with Gasteiger partial charge < -0.3 is 14.5 Å². The number of ketones is 1. The van der Waals surface area contributed by atoms with E-state index in [0.717, 1.165) is 5.52 Å². The maximum atomic E-state index is 12.8. The van der Waals surface area contributed by atoms with Crippen molar-refractivity contribution in [3.8, 4) is 17.3 Å². The van der Waals surface area contributed by atoms with E-state index in [9.17, 15) is 9.90 Å². The maximum Gasteiger partial charge on any atom is 0.289 e. The summed E-state index contributed by atoms with van der Waals surface area (Å²) in [4.78, 5) is 20.0. The summed E-state index contributed by atoms with van der Waals surface area (Å²) >= 11 is 0. The monoisotopic (exact) mass is 320 g/mol. The molecule has 0 radical (unpaired) electrons. The number of H-pyrrole nitrogens is 1. The van der Waals surface area contributed by atoms with E-state index in [1.54, 1.807) is 43.5 Å². The molecule has 0 amide bonds. The van der Waals surface area contributed by atoms with Crippen LogP contribution in [0.5, 0.6) is 5.75 Å². The second-order valence-corrected chi connectivity index (χ2v) is 5.31. The van der Waals surface area contributed by atoms with Crippen LogP contribution < -0.4 is 0 Å². The number of aryl methyl sites for hydroxylation is 1. The van der Waals surface area contributed by atoms with Gasteiger partial charge in [-0.05, 0) is 37.3 Å². The Kier molecular flexibility index (Phi) is 3.13. The third kappa shape index (κ3) is 2.23. The molecule has 3 heterocycles. The highest BCUT2D eigenvalue weighted by Crippen LogP contribution is 2.28. The summed E-state index contributed by atoms with van der Waals surface area (Å²) in [5, 5.41) is 18.0. The van der Waals surface area contributed by atoms with Gasteiger partial charge in [-0.25, -0.2) is 0 Å². The van der Waals surface area contributed by atoms with Crippen LogP contribution in [0.1, 0.15) is 21.9 Å². The summed E-state index contributed by atoms with van der Waals surface area (Å²) in [5.41, 5.74) is 2.31. The SMILES string of the molecule is Cc1[nH]c2ccc(O)cc2c1C(=O)c1nnc(-c2ccccn2)o1. The predicted octanol–water partition coefficient (Wildman–Crippen LogP) is 2.86. The van der Waals surface area contributed by atoms with Gasteiger partial charge in [-0.3, -0.25) is 9.78 Å². The van der Waals surface area contributed by atoms with E-state index in [-0.39, 0.29) is 17.5 Å². The standard InChI is InChI=1S/C17H12N4O3/c1-9-14(11-8-10(22)5-6-12(11)19-9)15(23)17-21-20-16(24-17)13-4-2-3-7-18-13/h2-8,19,22H,1H3. The zero-order chi connectivity index (χ0) is 16.7. The molecule has 4 aromatic rings. The van der Waals surface area contributed by atoms with Gasteiger partial charge in [0.05, 0.1) is 5.56 Å². The Hall–Kier alpha value is -3.48. The van der Waals surface area contributed by atoms with Gasteiger partial charge in [-0.1, -0.05) is 6.07 Å². The summed E-state index contributed by atoms with van der Waals surface area (Å²) in [7, 11) is 0. The minimum Gasteiger partial charge on any atom is -0.508 e. The molecule has 0 aliphatic rings. The quantitative estimate of drug-likeness (QED) is 0.562. The Bertz CT molecular complexity index is 1050. The van der Waals surface area contributed by atoms with Crippen LogP contribution >= 0.6 is 0 Å². The summed E-state index contributed by atoms with van der Waals surface area (Å²) in [6.07, 6.45) is 1.60. The van der Waals surface area contributed by atoms with Gasteiger partial charge in [0, 0.05) is 22.8 Å². The number of aromatic hydroxyl groups is 1. The average molecular weight is 320 g/mol. The molecule has 0 unspecified atom stereocenters. The molecule has 0 bridgehead atoms. The predicted molar refractivity (Wildman–Crippen MR) is 85.7 cm³/mol. The third-order valence-corrected chi connectivity index (χ3v) is 3.70. The fourth-order valence-corrected chi connectivity index (χ4v) is 2.62. The molecule has 24 heavy (non-hydrogen) atoms. The van der Waals surface area contributed by atoms with Gasteiger partial charge in [0.1, 0.15) is 11.4 Å². The number of nitrogens with one attached hydrogen (secondary N) is 1. The number of fused-ring (bicyclic) bond motifs is 1. The molecule has 4 rings (SSSR count). The lowest BCUT2D eigenvalue weighted by Gasteiger charge is -1.97. The van der Waals surface area contributed by atoms with Crippen LogP contribution in [-0.4, -0.2) is 31.1 Å². The number of pyridine rings is 1. The van der Waals surface area contributed by atoms with Crippen molar-refractivity contribution in [1.82, 2.24) is 20.2 Å². The Balaban J connectivity index is 1.79. The molecule has 118 valence electrons. The second-order valence-electron chi connectivity index (χ2n) is 5.31. The number of carbonyl (C=O) groups excluding carboxylic acids is 1. The number of benzene rings is 1. The van der Waals surface area contributed by atoms with Gasteiger partial charge in [0.15, 0.2) is 0 Å². The molecule has 0 fully saturated rings. The number of rotatable bonds is 3. The number of aromatic nitrogens is 4. The topological polar surface area (TPSA) is 105 Å². The number of phenolic OH excluding ortho intramolecular Hbond substituents is 1. The molecule has 0 atom stereocenters. The molecular formula is C17H12N4O3. The molecule has 0 saturated carbocycles. The van der Waals surface area contributed by atoms with Crippen LogP contribution in [0.15, 0.2) is 47.0 Å². The van der Waals surface area contributed by atoms with Crippen molar-refractivity contribution < 1.29 is 14.3 Å². The molecule has 0 saturated heterocycles. The Morgan fingerprint density at radius 1 is 1.21 bits per heavy atom. The van der Waals surface area contributed by atoms with Crippen LogP contribution in [0, 0.1) is 6.92 Å². The fraction of sp³-hybridized carbons (Fsp3) is 0.0588. The third-order valence-electron chi connectivity index (χ3n) is 3.70. The highest BCUT2D eigenvalue weighted by molar-refractivity contribution is 6.15. The van der Waals surface area contributed by atoms with E-state index < -0.39 is 5.78 Å². The van der Waals surface area contributed by atoms with Crippen molar-refractivity contribution in [2.24, 2.45) is 0 Å². The largest absolute Gasteiger partial charge is 0.508 e. The maximum absolute atomic E-state index is 12.8. The molecule has 7 heteroatoms. The molecule has 3 aromatic heterocycles. The van der Waals surface area contributed by atoms with Crippen LogP contribution in [0.2, 0.25) is 0 Å². The Labute approximate surface area is 136 Å². The van der Waals surface area contributed by atoms with E-state index in [1.165, 1.54) is 6.07 Å². The smallest absolute Gasteiger partial charge is 0.289 e. The van der Waals surface area contributed by atoms with Crippen LogP contribution in [0.3, 0.4) is 0 Å². The van der Waals surface area contributed by atoms with Gasteiger partial charge in [0.2, 0.25) is 0 Å². The zero-order valence-electron chi connectivity index (χ0n) is 12.6. The molecule has 1 aromatic carbocycles. The molecule has 2 N–H and O–H groups in total. The van der Waals surface area contributed by atoms with Gasteiger partial charge >= 0.3 is 0 Å². The normalized spacial score (nSPS) is 11.0. The fourth-order valence-electron chi connectivity index (χ4n) is 2.62. The number of aromatic amines is 1. The zero-order valence-corrected chi connectivity index (χ0v) is 12.6. The van der Waals surface area contributed by atoms with Crippen LogP contribution in [0.25, 0.3) is 22.5 Å². The summed E-state index contributed by atoms with van der Waals surface area (Å²) < 4.78 is 5.48. The van der Waals surface area contributed by atoms with E-state index >= 15 is 0 Å². The molecule has 7 nitrogen and oxygen atoms in total.